The number of carbonyl (C=O) groups is 1. The molecule has 64 valence electrons. The van der Waals surface area contributed by atoms with Gasteiger partial charge in [0.2, 0.25) is 0 Å². The Hall–Kier alpha value is -0.650. The number of hydrogen-bond donors (Lipinski definition) is 1. The van der Waals surface area contributed by atoms with Crippen LogP contribution in [0.4, 0.5) is 10.1 Å². The first-order valence-corrected chi connectivity index (χ1v) is 4.35. The second-order valence-corrected chi connectivity index (χ2v) is 3.57. The zero-order valence-electron chi connectivity index (χ0n) is 6.40. The lowest BCUT2D eigenvalue weighted by Crippen LogP contribution is -2.01. The van der Waals surface area contributed by atoms with Gasteiger partial charge in [0.25, 0.3) is 0 Å². The van der Waals surface area contributed by atoms with E-state index in [9.17, 15) is 9.18 Å². The number of nitrogens with two attached hydrogens (primary N) is 1. The van der Waals surface area contributed by atoms with Crippen LogP contribution in [0.15, 0.2) is 12.1 Å². The fourth-order valence-electron chi connectivity index (χ4n) is 0.867. The van der Waals surface area contributed by atoms with E-state index in [1.807, 2.05) is 22.6 Å². The Labute approximate surface area is 83.1 Å². The van der Waals surface area contributed by atoms with Gasteiger partial charge >= 0.3 is 0 Å². The molecule has 0 aromatic heterocycles. The molecule has 1 aromatic rings. The molecule has 2 nitrogen and oxygen atoms in total. The van der Waals surface area contributed by atoms with Gasteiger partial charge < -0.3 is 5.73 Å². The van der Waals surface area contributed by atoms with Gasteiger partial charge in [-0.15, -0.1) is 0 Å². The summed E-state index contributed by atoms with van der Waals surface area (Å²) in [5.41, 5.74) is 6.00. The smallest absolute Gasteiger partial charge is 0.161 e. The number of rotatable bonds is 1. The summed E-state index contributed by atoms with van der Waals surface area (Å²) in [6.45, 7) is 1.40. The molecule has 0 heterocycles. The standard InChI is InChI=1S/C8H7FINO/c1-4(12)5-2-7(10)6(9)3-8(5)11/h2-3H,11H2,1H3. The normalized spacial score (nSPS) is 9.92. The van der Waals surface area contributed by atoms with Crippen molar-refractivity contribution in [3.05, 3.63) is 27.1 Å². The van der Waals surface area contributed by atoms with Crippen molar-refractivity contribution in [2.24, 2.45) is 0 Å². The molecule has 12 heavy (non-hydrogen) atoms. The van der Waals surface area contributed by atoms with Crippen molar-refractivity contribution in [2.45, 2.75) is 6.92 Å². The van der Waals surface area contributed by atoms with E-state index in [2.05, 4.69) is 0 Å². The highest BCUT2D eigenvalue weighted by molar-refractivity contribution is 14.1. The molecule has 0 atom stereocenters. The maximum Gasteiger partial charge on any atom is 0.161 e. The molecule has 0 unspecified atom stereocenters. The maximum absolute atomic E-state index is 12.8. The lowest BCUT2D eigenvalue weighted by atomic mass is 10.1. The van der Waals surface area contributed by atoms with Crippen LogP contribution in [0.1, 0.15) is 17.3 Å². The van der Waals surface area contributed by atoms with Crippen LogP contribution in [0.3, 0.4) is 0 Å². The molecule has 1 aromatic carbocycles. The first-order valence-electron chi connectivity index (χ1n) is 3.28. The third-order valence-corrected chi connectivity index (χ3v) is 2.30. The van der Waals surface area contributed by atoms with Gasteiger partial charge in [0.05, 0.1) is 0 Å². The lowest BCUT2D eigenvalue weighted by Gasteiger charge is -2.02. The highest BCUT2D eigenvalue weighted by Gasteiger charge is 2.08. The van der Waals surface area contributed by atoms with E-state index in [-0.39, 0.29) is 11.5 Å². The van der Waals surface area contributed by atoms with Crippen molar-refractivity contribution in [1.82, 2.24) is 0 Å². The Kier molecular flexibility index (Phi) is 2.66. The van der Waals surface area contributed by atoms with E-state index in [4.69, 9.17) is 5.73 Å². The summed E-state index contributed by atoms with van der Waals surface area (Å²) < 4.78 is 13.2. The second-order valence-electron chi connectivity index (χ2n) is 2.41. The highest BCUT2D eigenvalue weighted by atomic mass is 127. The van der Waals surface area contributed by atoms with Crippen molar-refractivity contribution < 1.29 is 9.18 Å². The zero-order chi connectivity index (χ0) is 9.30. The van der Waals surface area contributed by atoms with Crippen LogP contribution in [-0.4, -0.2) is 5.78 Å². The van der Waals surface area contributed by atoms with Crippen LogP contribution in [0.2, 0.25) is 0 Å². The Morgan fingerprint density at radius 2 is 2.17 bits per heavy atom. The van der Waals surface area contributed by atoms with E-state index in [1.165, 1.54) is 19.1 Å². The molecule has 0 radical (unpaired) electrons. The Bertz CT molecular complexity index is 338. The van der Waals surface area contributed by atoms with Crippen LogP contribution in [0.25, 0.3) is 0 Å². The number of Topliss-reactive ketones (excluding diaryl/α,β-unsaturated/α-hetero) is 1. The van der Waals surface area contributed by atoms with Gasteiger partial charge in [-0.3, -0.25) is 4.79 Å². The predicted octanol–water partition coefficient (Wildman–Crippen LogP) is 2.22. The van der Waals surface area contributed by atoms with Crippen LogP contribution >= 0.6 is 22.6 Å². The number of carbonyl (C=O) groups excluding carboxylic acids is 1. The molecule has 0 amide bonds. The third-order valence-electron chi connectivity index (χ3n) is 1.47. The van der Waals surface area contributed by atoms with Gasteiger partial charge in [-0.2, -0.15) is 0 Å². The quantitative estimate of drug-likeness (QED) is 0.486. The zero-order valence-corrected chi connectivity index (χ0v) is 8.55. The fourth-order valence-corrected chi connectivity index (χ4v) is 1.33. The van der Waals surface area contributed by atoms with Gasteiger partial charge in [0, 0.05) is 14.8 Å². The topological polar surface area (TPSA) is 43.1 Å². The molecule has 1 rings (SSSR count). The molecule has 0 saturated heterocycles. The van der Waals surface area contributed by atoms with E-state index in [0.717, 1.165) is 0 Å². The molecule has 0 fully saturated rings. The highest BCUT2D eigenvalue weighted by Crippen LogP contribution is 2.19. The number of benzene rings is 1. The Balaban J connectivity index is 3.33. The molecule has 0 bridgehead atoms. The molecule has 2 N–H and O–H groups in total. The van der Waals surface area contributed by atoms with Crippen molar-refractivity contribution in [3.63, 3.8) is 0 Å². The summed E-state index contributed by atoms with van der Waals surface area (Å²) in [6, 6.07) is 2.62. The van der Waals surface area contributed by atoms with Gasteiger partial charge in [0.15, 0.2) is 5.78 Å². The molecule has 0 aliphatic heterocycles. The molecule has 0 aliphatic rings. The minimum atomic E-state index is -0.391. The molecule has 0 spiro atoms. The number of ketones is 1. The maximum atomic E-state index is 12.8. The number of nitrogen functional groups attached to an aromatic ring is 1. The average molecular weight is 279 g/mol. The monoisotopic (exact) mass is 279 g/mol. The summed E-state index contributed by atoms with van der Waals surface area (Å²) >= 11 is 1.82. The summed E-state index contributed by atoms with van der Waals surface area (Å²) in [4.78, 5) is 10.9. The van der Waals surface area contributed by atoms with E-state index in [0.29, 0.717) is 9.13 Å². The first kappa shape index (κ1) is 9.44. The Morgan fingerprint density at radius 1 is 1.58 bits per heavy atom. The van der Waals surface area contributed by atoms with Crippen molar-refractivity contribution in [2.75, 3.05) is 5.73 Å². The second kappa shape index (κ2) is 3.38. The molecular weight excluding hydrogens is 272 g/mol. The summed E-state index contributed by atoms with van der Waals surface area (Å²) in [7, 11) is 0. The van der Waals surface area contributed by atoms with E-state index in [1.54, 1.807) is 0 Å². The number of hydrogen-bond acceptors (Lipinski definition) is 2. The van der Waals surface area contributed by atoms with Crippen molar-refractivity contribution in [3.8, 4) is 0 Å². The van der Waals surface area contributed by atoms with E-state index < -0.39 is 5.82 Å². The van der Waals surface area contributed by atoms with Crippen LogP contribution in [-0.2, 0) is 0 Å². The predicted molar refractivity (Wildman–Crippen MR) is 53.5 cm³/mol. The molecular formula is C8H7FINO. The van der Waals surface area contributed by atoms with Gasteiger partial charge in [-0.25, -0.2) is 4.39 Å². The summed E-state index contributed by atoms with van der Waals surface area (Å²) in [5, 5.41) is 0. The third kappa shape index (κ3) is 1.74. The van der Waals surface area contributed by atoms with Crippen LogP contribution in [0.5, 0.6) is 0 Å². The molecule has 0 saturated carbocycles. The van der Waals surface area contributed by atoms with Gasteiger partial charge in [0.1, 0.15) is 5.82 Å². The SMILES string of the molecule is CC(=O)c1cc(I)c(F)cc1N. The van der Waals surface area contributed by atoms with Crippen LogP contribution < -0.4 is 5.73 Å². The van der Waals surface area contributed by atoms with Crippen LogP contribution in [0, 0.1) is 9.39 Å². The van der Waals surface area contributed by atoms with Gasteiger partial charge in [-0.05, 0) is 41.6 Å². The molecule has 0 aliphatic carbocycles. The first-order chi connectivity index (χ1) is 5.52. The number of halogens is 2. The largest absolute Gasteiger partial charge is 0.398 e. The summed E-state index contributed by atoms with van der Waals surface area (Å²) in [6.07, 6.45) is 0. The van der Waals surface area contributed by atoms with Gasteiger partial charge in [-0.1, -0.05) is 0 Å². The Morgan fingerprint density at radius 3 is 2.67 bits per heavy atom. The minimum Gasteiger partial charge on any atom is -0.398 e. The summed E-state index contributed by atoms with van der Waals surface area (Å²) in [5.74, 6) is -0.538. The van der Waals surface area contributed by atoms with Crippen molar-refractivity contribution in [1.29, 1.82) is 0 Å². The lowest BCUT2D eigenvalue weighted by molar-refractivity contribution is 0.101. The average Bonchev–Trinajstić information content (AvgIpc) is 1.96. The van der Waals surface area contributed by atoms with E-state index >= 15 is 0 Å². The minimum absolute atomic E-state index is 0.148. The number of anilines is 1. The fraction of sp³-hybridized carbons (Fsp3) is 0.125. The molecule has 4 heteroatoms. The van der Waals surface area contributed by atoms with Crippen molar-refractivity contribution >= 4 is 34.1 Å².